The van der Waals surface area contributed by atoms with E-state index in [2.05, 4.69) is 62.5 Å². The monoisotopic (exact) mass is 295 g/mol. The number of aromatic nitrogens is 1. The van der Waals surface area contributed by atoms with Crippen molar-refractivity contribution in [1.82, 2.24) is 4.98 Å². The lowest BCUT2D eigenvalue weighted by atomic mass is 10.0. The average Bonchev–Trinajstić information content (AvgIpc) is 2.84. The smallest absolute Gasteiger partial charge is 0.118 e. The van der Waals surface area contributed by atoms with Crippen LogP contribution in [0.2, 0.25) is 0 Å². The largest absolute Gasteiger partial charge is 0.497 e. The predicted molar refractivity (Wildman–Crippen MR) is 92.0 cm³/mol. The van der Waals surface area contributed by atoms with Crippen molar-refractivity contribution >= 4 is 10.9 Å². The Balaban J connectivity index is 2.16. The Morgan fingerprint density at radius 1 is 0.955 bits per heavy atom. The van der Waals surface area contributed by atoms with Crippen LogP contribution in [0.1, 0.15) is 5.56 Å². The molecular formula is C19H23N2O+. The highest BCUT2D eigenvalue weighted by Gasteiger charge is 2.19. The lowest BCUT2D eigenvalue weighted by Gasteiger charge is -2.24. The maximum absolute atomic E-state index is 5.26. The maximum Gasteiger partial charge on any atom is 0.118 e. The Morgan fingerprint density at radius 2 is 1.64 bits per heavy atom. The van der Waals surface area contributed by atoms with E-state index in [9.17, 15) is 0 Å². The fraction of sp³-hybridized carbons (Fsp3) is 0.263. The van der Waals surface area contributed by atoms with Crippen molar-refractivity contribution in [2.24, 2.45) is 0 Å². The van der Waals surface area contributed by atoms with Crippen molar-refractivity contribution in [3.63, 3.8) is 0 Å². The van der Waals surface area contributed by atoms with Gasteiger partial charge in [0.25, 0.3) is 0 Å². The molecule has 1 heterocycles. The zero-order chi connectivity index (χ0) is 15.7. The van der Waals surface area contributed by atoms with E-state index in [1.807, 2.05) is 12.1 Å². The molecular weight excluding hydrogens is 272 g/mol. The van der Waals surface area contributed by atoms with E-state index >= 15 is 0 Å². The SMILES string of the molecule is COc1ccc(-c2[nH]c3ccccc3c2C[N+](C)(C)C)cc1. The molecule has 0 saturated heterocycles. The first kappa shape index (κ1) is 14.7. The molecule has 1 N–H and O–H groups in total. The minimum atomic E-state index is 0.882. The molecule has 0 aliphatic heterocycles. The summed E-state index contributed by atoms with van der Waals surface area (Å²) in [5, 5.41) is 1.31. The van der Waals surface area contributed by atoms with Crippen LogP contribution < -0.4 is 4.74 Å². The summed E-state index contributed by atoms with van der Waals surface area (Å²) in [7, 11) is 8.36. The number of aromatic amines is 1. The predicted octanol–water partition coefficient (Wildman–Crippen LogP) is 4.05. The number of hydrogen-bond acceptors (Lipinski definition) is 1. The van der Waals surface area contributed by atoms with Crippen LogP contribution in [-0.4, -0.2) is 37.7 Å². The highest BCUT2D eigenvalue weighted by atomic mass is 16.5. The summed E-state index contributed by atoms with van der Waals surface area (Å²) in [4.78, 5) is 3.59. The molecule has 0 fully saturated rings. The number of hydrogen-bond donors (Lipinski definition) is 1. The number of nitrogens with zero attached hydrogens (tertiary/aromatic N) is 1. The zero-order valence-electron chi connectivity index (χ0n) is 13.7. The van der Waals surface area contributed by atoms with Gasteiger partial charge in [-0.15, -0.1) is 0 Å². The summed E-state index contributed by atoms with van der Waals surface area (Å²) in [5.74, 6) is 0.882. The molecule has 3 heteroatoms. The maximum atomic E-state index is 5.26. The third-order valence-corrected chi connectivity index (χ3v) is 3.82. The summed E-state index contributed by atoms with van der Waals surface area (Å²) in [6, 6.07) is 16.8. The fourth-order valence-electron chi connectivity index (χ4n) is 2.84. The summed E-state index contributed by atoms with van der Waals surface area (Å²) < 4.78 is 6.16. The zero-order valence-corrected chi connectivity index (χ0v) is 13.7. The van der Waals surface area contributed by atoms with E-state index in [1.165, 1.54) is 27.7 Å². The number of H-pyrrole nitrogens is 1. The summed E-state index contributed by atoms with van der Waals surface area (Å²) in [6.45, 7) is 0.978. The first-order valence-electron chi connectivity index (χ1n) is 7.52. The molecule has 0 radical (unpaired) electrons. The fourth-order valence-corrected chi connectivity index (χ4v) is 2.84. The van der Waals surface area contributed by atoms with Crippen molar-refractivity contribution in [3.8, 4) is 17.0 Å². The molecule has 0 bridgehead atoms. The van der Waals surface area contributed by atoms with Crippen LogP contribution in [0.15, 0.2) is 48.5 Å². The van der Waals surface area contributed by atoms with Gasteiger partial charge in [0.15, 0.2) is 0 Å². The van der Waals surface area contributed by atoms with Gasteiger partial charge in [-0.05, 0) is 35.9 Å². The first-order valence-corrected chi connectivity index (χ1v) is 7.52. The molecule has 0 atom stereocenters. The van der Waals surface area contributed by atoms with E-state index in [0.717, 1.165) is 16.8 Å². The van der Waals surface area contributed by atoms with Crippen LogP contribution in [0, 0.1) is 0 Å². The second kappa shape index (κ2) is 5.50. The van der Waals surface area contributed by atoms with E-state index < -0.39 is 0 Å². The Morgan fingerprint density at radius 3 is 2.27 bits per heavy atom. The summed E-state index contributed by atoms with van der Waals surface area (Å²) in [5.41, 5.74) is 4.96. The summed E-state index contributed by atoms with van der Waals surface area (Å²) in [6.07, 6.45) is 0. The van der Waals surface area contributed by atoms with Gasteiger partial charge in [-0.1, -0.05) is 18.2 Å². The quantitative estimate of drug-likeness (QED) is 0.722. The van der Waals surface area contributed by atoms with Crippen molar-refractivity contribution in [2.75, 3.05) is 28.3 Å². The van der Waals surface area contributed by atoms with Gasteiger partial charge in [-0.25, -0.2) is 0 Å². The van der Waals surface area contributed by atoms with Crippen molar-refractivity contribution in [1.29, 1.82) is 0 Å². The molecule has 3 nitrogen and oxygen atoms in total. The van der Waals surface area contributed by atoms with Gasteiger partial charge in [0.2, 0.25) is 0 Å². The van der Waals surface area contributed by atoms with Crippen LogP contribution in [0.5, 0.6) is 5.75 Å². The lowest BCUT2D eigenvalue weighted by molar-refractivity contribution is -0.883. The Kier molecular flexibility index (Phi) is 3.67. The number of nitrogens with one attached hydrogen (secondary N) is 1. The van der Waals surface area contributed by atoms with Gasteiger partial charge in [0.1, 0.15) is 12.3 Å². The number of rotatable bonds is 4. The number of benzene rings is 2. The first-order chi connectivity index (χ1) is 10.5. The van der Waals surface area contributed by atoms with Crippen molar-refractivity contribution in [3.05, 3.63) is 54.1 Å². The molecule has 3 aromatic rings. The van der Waals surface area contributed by atoms with Crippen LogP contribution in [0.3, 0.4) is 0 Å². The molecule has 3 rings (SSSR count). The van der Waals surface area contributed by atoms with E-state index in [0.29, 0.717) is 0 Å². The highest BCUT2D eigenvalue weighted by Crippen LogP contribution is 2.32. The minimum Gasteiger partial charge on any atom is -0.497 e. The topological polar surface area (TPSA) is 25.0 Å². The molecule has 0 unspecified atom stereocenters. The second-order valence-electron chi connectivity index (χ2n) is 6.70. The summed E-state index contributed by atoms with van der Waals surface area (Å²) >= 11 is 0. The molecule has 0 aliphatic rings. The van der Waals surface area contributed by atoms with Crippen molar-refractivity contribution < 1.29 is 9.22 Å². The number of fused-ring (bicyclic) bond motifs is 1. The van der Waals surface area contributed by atoms with Gasteiger partial charge in [-0.3, -0.25) is 0 Å². The Labute approximate surface area is 131 Å². The third-order valence-electron chi connectivity index (χ3n) is 3.82. The van der Waals surface area contributed by atoms with Gasteiger partial charge < -0.3 is 14.2 Å². The number of ether oxygens (including phenoxy) is 1. The molecule has 1 aromatic heterocycles. The van der Waals surface area contributed by atoms with E-state index in [4.69, 9.17) is 4.74 Å². The van der Waals surface area contributed by atoms with Gasteiger partial charge in [-0.2, -0.15) is 0 Å². The van der Waals surface area contributed by atoms with E-state index in [-0.39, 0.29) is 0 Å². The molecule has 2 aromatic carbocycles. The standard InChI is InChI=1S/C19H23N2O/c1-21(2,3)13-17-16-7-5-6-8-18(16)20-19(17)14-9-11-15(22-4)12-10-14/h5-12,20H,13H2,1-4H3/q+1. The Bertz CT molecular complexity index is 779. The Hall–Kier alpha value is -2.26. The van der Waals surface area contributed by atoms with Gasteiger partial charge in [0.05, 0.1) is 33.9 Å². The molecule has 0 saturated carbocycles. The lowest BCUT2D eigenvalue weighted by Crippen LogP contribution is -2.33. The molecule has 0 aliphatic carbocycles. The number of quaternary nitrogens is 1. The molecule has 22 heavy (non-hydrogen) atoms. The van der Waals surface area contributed by atoms with Crippen LogP contribution in [0.4, 0.5) is 0 Å². The number of methoxy groups -OCH3 is 1. The third kappa shape index (κ3) is 2.85. The molecule has 0 amide bonds. The minimum absolute atomic E-state index is 0.882. The molecule has 114 valence electrons. The van der Waals surface area contributed by atoms with Crippen LogP contribution in [0.25, 0.3) is 22.2 Å². The van der Waals surface area contributed by atoms with Crippen molar-refractivity contribution in [2.45, 2.75) is 6.54 Å². The normalized spacial score (nSPS) is 11.8. The van der Waals surface area contributed by atoms with E-state index in [1.54, 1.807) is 7.11 Å². The average molecular weight is 295 g/mol. The highest BCUT2D eigenvalue weighted by molar-refractivity contribution is 5.90. The van der Waals surface area contributed by atoms with Gasteiger partial charge >= 0.3 is 0 Å². The second-order valence-corrected chi connectivity index (χ2v) is 6.70. The van der Waals surface area contributed by atoms with Gasteiger partial charge in [0, 0.05) is 16.5 Å². The van der Waals surface area contributed by atoms with Crippen LogP contribution in [-0.2, 0) is 6.54 Å². The number of para-hydroxylation sites is 1. The van der Waals surface area contributed by atoms with Crippen LogP contribution >= 0.6 is 0 Å². The molecule has 0 spiro atoms.